The van der Waals surface area contributed by atoms with E-state index in [1.54, 1.807) is 25.4 Å². The maximum atomic E-state index is 5.90. The van der Waals surface area contributed by atoms with Gasteiger partial charge in [0, 0.05) is 19.4 Å². The van der Waals surface area contributed by atoms with Crippen LogP contribution in [0.15, 0.2) is 34.7 Å². The number of ether oxygens (including phenoxy) is 1. The lowest BCUT2D eigenvalue weighted by atomic mass is 10.6. The Morgan fingerprint density at radius 2 is 2.24 bits per heavy atom. The smallest absolute Gasteiger partial charge is 0.156 e. The molecule has 0 aliphatic carbocycles. The van der Waals surface area contributed by atoms with Gasteiger partial charge in [-0.05, 0) is 17.8 Å². The summed E-state index contributed by atoms with van der Waals surface area (Å²) in [7, 11) is 1.58. The standard InChI is InChI=1S/C10H9ClN4OS/c1-16-5-8-14-7(11)4-10(15-8)17-9-2-3-12-6-13-9/h2-4,6H,5H2,1H3. The molecule has 0 aliphatic heterocycles. The fourth-order valence-corrected chi connectivity index (χ4v) is 2.16. The summed E-state index contributed by atoms with van der Waals surface area (Å²) < 4.78 is 4.97. The first-order chi connectivity index (χ1) is 8.28. The van der Waals surface area contributed by atoms with Gasteiger partial charge in [-0.15, -0.1) is 0 Å². The van der Waals surface area contributed by atoms with Gasteiger partial charge in [0.05, 0.1) is 0 Å². The second kappa shape index (κ2) is 5.90. The minimum atomic E-state index is 0.331. The number of nitrogens with zero attached hydrogens (tertiary/aromatic N) is 4. The summed E-state index contributed by atoms with van der Waals surface area (Å²) in [5.41, 5.74) is 0. The average molecular weight is 269 g/mol. The van der Waals surface area contributed by atoms with Gasteiger partial charge in [-0.1, -0.05) is 11.6 Å². The topological polar surface area (TPSA) is 60.8 Å². The van der Waals surface area contributed by atoms with E-state index in [4.69, 9.17) is 16.3 Å². The lowest BCUT2D eigenvalue weighted by molar-refractivity contribution is 0.177. The van der Waals surface area contributed by atoms with Gasteiger partial charge >= 0.3 is 0 Å². The molecule has 2 aromatic heterocycles. The van der Waals surface area contributed by atoms with E-state index in [0.29, 0.717) is 17.6 Å². The monoisotopic (exact) mass is 268 g/mol. The SMILES string of the molecule is COCc1nc(Cl)cc(Sc2ccncn2)n1. The number of aromatic nitrogens is 4. The zero-order chi connectivity index (χ0) is 12.1. The van der Waals surface area contributed by atoms with Crippen LogP contribution >= 0.6 is 23.4 Å². The summed E-state index contributed by atoms with van der Waals surface area (Å²) in [4.78, 5) is 16.3. The molecule has 0 amide bonds. The Balaban J connectivity index is 2.21. The van der Waals surface area contributed by atoms with Gasteiger partial charge in [0.1, 0.15) is 28.1 Å². The van der Waals surface area contributed by atoms with Crippen LogP contribution in [0.5, 0.6) is 0 Å². The predicted octanol–water partition coefficient (Wildman–Crippen LogP) is 2.22. The average Bonchev–Trinajstić information content (AvgIpc) is 2.30. The number of rotatable bonds is 4. The van der Waals surface area contributed by atoms with Crippen molar-refractivity contribution >= 4 is 23.4 Å². The van der Waals surface area contributed by atoms with Crippen molar-refractivity contribution in [3.63, 3.8) is 0 Å². The van der Waals surface area contributed by atoms with Crippen LogP contribution in [-0.2, 0) is 11.3 Å². The molecule has 0 unspecified atom stereocenters. The summed E-state index contributed by atoms with van der Waals surface area (Å²) in [6, 6.07) is 3.49. The van der Waals surface area contributed by atoms with Crippen molar-refractivity contribution < 1.29 is 4.74 Å². The van der Waals surface area contributed by atoms with E-state index in [2.05, 4.69) is 19.9 Å². The highest BCUT2D eigenvalue weighted by Gasteiger charge is 2.05. The Morgan fingerprint density at radius 3 is 2.94 bits per heavy atom. The lowest BCUT2D eigenvalue weighted by Crippen LogP contribution is -1.98. The minimum Gasteiger partial charge on any atom is -0.377 e. The molecule has 88 valence electrons. The molecule has 17 heavy (non-hydrogen) atoms. The first-order valence-electron chi connectivity index (χ1n) is 4.74. The number of halogens is 1. The molecule has 0 saturated heterocycles. The zero-order valence-corrected chi connectivity index (χ0v) is 10.6. The Labute approximate surface area is 108 Å². The molecule has 0 N–H and O–H groups in total. The molecule has 2 rings (SSSR count). The summed E-state index contributed by atoms with van der Waals surface area (Å²) in [5.74, 6) is 0.552. The largest absolute Gasteiger partial charge is 0.377 e. The van der Waals surface area contributed by atoms with Crippen molar-refractivity contribution in [2.24, 2.45) is 0 Å². The normalized spacial score (nSPS) is 10.5. The fraction of sp³-hybridized carbons (Fsp3) is 0.200. The molecule has 2 aromatic rings. The van der Waals surface area contributed by atoms with Gasteiger partial charge in [-0.3, -0.25) is 0 Å². The molecule has 0 aromatic carbocycles. The van der Waals surface area contributed by atoms with Gasteiger partial charge in [-0.25, -0.2) is 19.9 Å². The van der Waals surface area contributed by atoms with Crippen molar-refractivity contribution in [1.82, 2.24) is 19.9 Å². The van der Waals surface area contributed by atoms with Gasteiger partial charge in [0.15, 0.2) is 5.82 Å². The second-order valence-electron chi connectivity index (χ2n) is 3.03. The number of hydrogen-bond donors (Lipinski definition) is 0. The highest BCUT2D eigenvalue weighted by atomic mass is 35.5. The van der Waals surface area contributed by atoms with Crippen molar-refractivity contribution in [3.05, 3.63) is 35.6 Å². The van der Waals surface area contributed by atoms with Gasteiger partial charge in [-0.2, -0.15) is 0 Å². The van der Waals surface area contributed by atoms with Gasteiger partial charge < -0.3 is 4.74 Å². The van der Waals surface area contributed by atoms with E-state index in [9.17, 15) is 0 Å². The zero-order valence-electron chi connectivity index (χ0n) is 9.00. The molecule has 0 aliphatic rings. The fourth-order valence-electron chi connectivity index (χ4n) is 1.13. The third-order valence-electron chi connectivity index (χ3n) is 1.76. The molecule has 0 spiro atoms. The van der Waals surface area contributed by atoms with Crippen LogP contribution in [0, 0.1) is 0 Å². The van der Waals surface area contributed by atoms with E-state index < -0.39 is 0 Å². The minimum absolute atomic E-state index is 0.331. The third kappa shape index (κ3) is 3.62. The van der Waals surface area contributed by atoms with Crippen LogP contribution in [0.1, 0.15) is 5.82 Å². The molecule has 0 fully saturated rings. The Kier molecular flexibility index (Phi) is 4.24. The molecule has 2 heterocycles. The lowest BCUT2D eigenvalue weighted by Gasteiger charge is -2.03. The molecule has 0 radical (unpaired) electrons. The molecule has 7 heteroatoms. The third-order valence-corrected chi connectivity index (χ3v) is 2.82. The van der Waals surface area contributed by atoms with E-state index >= 15 is 0 Å². The molecule has 5 nitrogen and oxygen atoms in total. The molecule has 0 bridgehead atoms. The first kappa shape index (κ1) is 12.2. The van der Waals surface area contributed by atoms with Gasteiger partial charge in [0.25, 0.3) is 0 Å². The summed E-state index contributed by atoms with van der Waals surface area (Å²) in [6.45, 7) is 0.331. The molecule has 0 atom stereocenters. The van der Waals surface area contributed by atoms with E-state index in [-0.39, 0.29) is 0 Å². The van der Waals surface area contributed by atoms with Crippen LogP contribution < -0.4 is 0 Å². The highest BCUT2D eigenvalue weighted by Crippen LogP contribution is 2.25. The molecular formula is C10H9ClN4OS. The van der Waals surface area contributed by atoms with E-state index in [1.807, 2.05) is 0 Å². The van der Waals surface area contributed by atoms with Crippen molar-refractivity contribution in [2.75, 3.05) is 7.11 Å². The van der Waals surface area contributed by atoms with Crippen LogP contribution in [0.25, 0.3) is 0 Å². The van der Waals surface area contributed by atoms with Crippen LogP contribution in [0.2, 0.25) is 5.15 Å². The quantitative estimate of drug-likeness (QED) is 0.793. The van der Waals surface area contributed by atoms with Crippen LogP contribution in [0.4, 0.5) is 0 Å². The summed E-state index contributed by atoms with van der Waals surface area (Å²) in [6.07, 6.45) is 3.16. The summed E-state index contributed by atoms with van der Waals surface area (Å²) >= 11 is 7.30. The van der Waals surface area contributed by atoms with Gasteiger partial charge in [0.2, 0.25) is 0 Å². The predicted molar refractivity (Wildman–Crippen MR) is 63.9 cm³/mol. The van der Waals surface area contributed by atoms with E-state index in [1.165, 1.54) is 18.1 Å². The van der Waals surface area contributed by atoms with Crippen molar-refractivity contribution in [3.8, 4) is 0 Å². The first-order valence-corrected chi connectivity index (χ1v) is 5.93. The second-order valence-corrected chi connectivity index (χ2v) is 4.46. The highest BCUT2D eigenvalue weighted by molar-refractivity contribution is 7.99. The Morgan fingerprint density at radius 1 is 1.35 bits per heavy atom. The molecular weight excluding hydrogens is 260 g/mol. The van der Waals surface area contributed by atoms with Crippen molar-refractivity contribution in [2.45, 2.75) is 16.7 Å². The maximum Gasteiger partial charge on any atom is 0.156 e. The maximum absolute atomic E-state index is 5.90. The van der Waals surface area contributed by atoms with Crippen molar-refractivity contribution in [1.29, 1.82) is 0 Å². The number of methoxy groups -OCH3 is 1. The summed E-state index contributed by atoms with van der Waals surface area (Å²) in [5, 5.41) is 1.93. The van der Waals surface area contributed by atoms with Crippen LogP contribution in [0.3, 0.4) is 0 Å². The Bertz CT molecular complexity index is 497. The number of hydrogen-bond acceptors (Lipinski definition) is 6. The Hall–Kier alpha value is -1.24. The molecule has 0 saturated carbocycles. The van der Waals surface area contributed by atoms with E-state index in [0.717, 1.165) is 10.1 Å². The van der Waals surface area contributed by atoms with Crippen LogP contribution in [-0.4, -0.2) is 27.0 Å².